The number of nitrogens with zero attached hydrogens (tertiary/aromatic N) is 2. The van der Waals surface area contributed by atoms with Gasteiger partial charge < -0.3 is 5.11 Å². The van der Waals surface area contributed by atoms with Gasteiger partial charge in [0.05, 0.1) is 17.3 Å². The Balaban J connectivity index is 2.03. The van der Waals surface area contributed by atoms with Gasteiger partial charge in [-0.1, -0.05) is 23.7 Å². The molecule has 0 saturated carbocycles. The molecular formula is C13H14ClFN2O. The van der Waals surface area contributed by atoms with Crippen LogP contribution in [0.4, 0.5) is 4.39 Å². The number of aryl methyl sites for hydroxylation is 2. The topological polar surface area (TPSA) is 38.0 Å². The Bertz CT molecular complexity index is 542. The van der Waals surface area contributed by atoms with Crippen molar-refractivity contribution in [1.82, 2.24) is 9.78 Å². The molecule has 0 spiro atoms. The SMILES string of the molecule is Cn1cc(CCC(O)c2cccc(F)c2Cl)cn1. The van der Waals surface area contributed by atoms with Crippen molar-refractivity contribution >= 4 is 11.6 Å². The molecule has 96 valence electrons. The quantitative estimate of drug-likeness (QED) is 0.926. The summed E-state index contributed by atoms with van der Waals surface area (Å²) < 4.78 is 15.0. The van der Waals surface area contributed by atoms with Crippen molar-refractivity contribution in [2.75, 3.05) is 0 Å². The van der Waals surface area contributed by atoms with Crippen LogP contribution < -0.4 is 0 Å². The zero-order valence-electron chi connectivity index (χ0n) is 9.98. The number of aliphatic hydroxyl groups excluding tert-OH is 1. The molecule has 2 rings (SSSR count). The Kier molecular flexibility index (Phi) is 3.99. The first-order valence-corrected chi connectivity index (χ1v) is 6.05. The second kappa shape index (κ2) is 5.50. The molecule has 1 unspecified atom stereocenters. The molecule has 1 heterocycles. The number of hydrogen-bond acceptors (Lipinski definition) is 2. The summed E-state index contributed by atoms with van der Waals surface area (Å²) in [6.07, 6.45) is 4.02. The van der Waals surface area contributed by atoms with Gasteiger partial charge >= 0.3 is 0 Å². The van der Waals surface area contributed by atoms with Gasteiger partial charge in [-0.05, 0) is 24.5 Å². The van der Waals surface area contributed by atoms with E-state index in [0.717, 1.165) is 5.56 Å². The first kappa shape index (κ1) is 13.1. The molecule has 0 aliphatic carbocycles. The molecule has 0 aliphatic heterocycles. The normalized spacial score (nSPS) is 12.7. The zero-order valence-corrected chi connectivity index (χ0v) is 10.7. The minimum Gasteiger partial charge on any atom is -0.388 e. The van der Waals surface area contributed by atoms with Gasteiger partial charge in [0.2, 0.25) is 0 Å². The molecule has 0 fully saturated rings. The van der Waals surface area contributed by atoms with Crippen molar-refractivity contribution in [3.8, 4) is 0 Å². The summed E-state index contributed by atoms with van der Waals surface area (Å²) in [5, 5.41) is 14.1. The van der Waals surface area contributed by atoms with Crippen molar-refractivity contribution < 1.29 is 9.50 Å². The van der Waals surface area contributed by atoms with Gasteiger partial charge in [0.1, 0.15) is 5.82 Å². The van der Waals surface area contributed by atoms with Crippen LogP contribution in [0.1, 0.15) is 23.7 Å². The fourth-order valence-electron chi connectivity index (χ4n) is 1.84. The van der Waals surface area contributed by atoms with Crippen LogP contribution in [-0.2, 0) is 13.5 Å². The first-order chi connectivity index (χ1) is 8.58. The molecule has 1 N–H and O–H groups in total. The molecule has 1 atom stereocenters. The lowest BCUT2D eigenvalue weighted by atomic mass is 10.0. The monoisotopic (exact) mass is 268 g/mol. The Morgan fingerprint density at radius 3 is 2.94 bits per heavy atom. The summed E-state index contributed by atoms with van der Waals surface area (Å²) in [6.45, 7) is 0. The van der Waals surface area contributed by atoms with Crippen LogP contribution in [0.15, 0.2) is 30.6 Å². The van der Waals surface area contributed by atoms with Gasteiger partial charge in [-0.15, -0.1) is 0 Å². The van der Waals surface area contributed by atoms with Crippen molar-refractivity contribution in [2.24, 2.45) is 7.05 Å². The van der Waals surface area contributed by atoms with E-state index in [-0.39, 0.29) is 5.02 Å². The summed E-state index contributed by atoms with van der Waals surface area (Å²) in [5.41, 5.74) is 1.46. The molecule has 0 amide bonds. The molecule has 0 bridgehead atoms. The summed E-state index contributed by atoms with van der Waals surface area (Å²) in [5.74, 6) is -0.505. The highest BCUT2D eigenvalue weighted by molar-refractivity contribution is 6.31. The van der Waals surface area contributed by atoms with Gasteiger partial charge in [0.25, 0.3) is 0 Å². The van der Waals surface area contributed by atoms with Crippen LogP contribution in [-0.4, -0.2) is 14.9 Å². The van der Waals surface area contributed by atoms with Crippen LogP contribution in [0.3, 0.4) is 0 Å². The third-order valence-electron chi connectivity index (χ3n) is 2.81. The summed E-state index contributed by atoms with van der Waals surface area (Å²) in [4.78, 5) is 0. The Morgan fingerprint density at radius 1 is 1.50 bits per heavy atom. The average molecular weight is 269 g/mol. The number of aliphatic hydroxyl groups is 1. The molecule has 1 aromatic heterocycles. The van der Waals surface area contributed by atoms with Crippen molar-refractivity contribution in [3.63, 3.8) is 0 Å². The van der Waals surface area contributed by atoms with Crippen LogP contribution in [0.5, 0.6) is 0 Å². The van der Waals surface area contributed by atoms with E-state index in [9.17, 15) is 9.50 Å². The summed E-state index contributed by atoms with van der Waals surface area (Å²) in [6, 6.07) is 4.46. The summed E-state index contributed by atoms with van der Waals surface area (Å²) >= 11 is 5.82. The highest BCUT2D eigenvalue weighted by Gasteiger charge is 2.14. The van der Waals surface area contributed by atoms with E-state index in [4.69, 9.17) is 11.6 Å². The predicted octanol–water partition coefficient (Wildman–Crippen LogP) is 2.88. The number of halogens is 2. The molecule has 3 nitrogen and oxygen atoms in total. The lowest BCUT2D eigenvalue weighted by Gasteiger charge is -2.12. The van der Waals surface area contributed by atoms with Gasteiger partial charge in [-0.3, -0.25) is 4.68 Å². The van der Waals surface area contributed by atoms with Crippen LogP contribution in [0, 0.1) is 5.82 Å². The minimum absolute atomic E-state index is 0.00353. The minimum atomic E-state index is -0.770. The largest absolute Gasteiger partial charge is 0.388 e. The van der Waals surface area contributed by atoms with E-state index < -0.39 is 11.9 Å². The smallest absolute Gasteiger partial charge is 0.142 e. The van der Waals surface area contributed by atoms with E-state index in [1.54, 1.807) is 23.0 Å². The Hall–Kier alpha value is -1.39. The number of hydrogen-bond donors (Lipinski definition) is 1. The Morgan fingerprint density at radius 2 is 2.28 bits per heavy atom. The molecule has 1 aromatic carbocycles. The fourth-order valence-corrected chi connectivity index (χ4v) is 2.09. The third-order valence-corrected chi connectivity index (χ3v) is 3.20. The summed E-state index contributed by atoms with van der Waals surface area (Å²) in [7, 11) is 1.84. The molecular weight excluding hydrogens is 255 g/mol. The predicted molar refractivity (Wildman–Crippen MR) is 67.9 cm³/mol. The maximum absolute atomic E-state index is 13.2. The van der Waals surface area contributed by atoms with Crippen LogP contribution in [0.25, 0.3) is 0 Å². The fraction of sp³-hybridized carbons (Fsp3) is 0.308. The zero-order chi connectivity index (χ0) is 13.1. The van der Waals surface area contributed by atoms with Crippen molar-refractivity contribution in [3.05, 3.63) is 52.6 Å². The number of benzene rings is 1. The van der Waals surface area contributed by atoms with E-state index in [1.807, 2.05) is 13.2 Å². The molecule has 18 heavy (non-hydrogen) atoms. The number of rotatable bonds is 4. The third kappa shape index (κ3) is 2.89. The van der Waals surface area contributed by atoms with Crippen LogP contribution in [0.2, 0.25) is 5.02 Å². The first-order valence-electron chi connectivity index (χ1n) is 5.67. The van der Waals surface area contributed by atoms with E-state index in [1.165, 1.54) is 6.07 Å². The van der Waals surface area contributed by atoms with Crippen LogP contribution >= 0.6 is 11.6 Å². The molecule has 0 radical (unpaired) electrons. The van der Waals surface area contributed by atoms with Gasteiger partial charge in [-0.25, -0.2) is 4.39 Å². The van der Waals surface area contributed by atoms with E-state index >= 15 is 0 Å². The second-order valence-electron chi connectivity index (χ2n) is 4.22. The van der Waals surface area contributed by atoms with Gasteiger partial charge in [0.15, 0.2) is 0 Å². The number of aromatic nitrogens is 2. The average Bonchev–Trinajstić information content (AvgIpc) is 2.76. The standard InChI is InChI=1S/C13H14ClFN2O/c1-17-8-9(7-16-17)5-6-12(18)10-3-2-4-11(15)13(10)14/h2-4,7-8,12,18H,5-6H2,1H3. The van der Waals surface area contributed by atoms with Crippen molar-refractivity contribution in [2.45, 2.75) is 18.9 Å². The highest BCUT2D eigenvalue weighted by atomic mass is 35.5. The van der Waals surface area contributed by atoms with Gasteiger partial charge in [0, 0.05) is 18.8 Å². The lowest BCUT2D eigenvalue weighted by Crippen LogP contribution is -2.01. The maximum Gasteiger partial charge on any atom is 0.142 e. The van der Waals surface area contributed by atoms with E-state index in [2.05, 4.69) is 5.10 Å². The molecule has 5 heteroatoms. The second-order valence-corrected chi connectivity index (χ2v) is 4.60. The van der Waals surface area contributed by atoms with Gasteiger partial charge in [-0.2, -0.15) is 5.10 Å². The maximum atomic E-state index is 13.2. The molecule has 0 aliphatic rings. The Labute approximate surface area is 110 Å². The van der Waals surface area contributed by atoms with E-state index in [0.29, 0.717) is 18.4 Å². The highest BCUT2D eigenvalue weighted by Crippen LogP contribution is 2.28. The molecule has 0 saturated heterocycles. The lowest BCUT2D eigenvalue weighted by molar-refractivity contribution is 0.167. The van der Waals surface area contributed by atoms with Crippen molar-refractivity contribution in [1.29, 1.82) is 0 Å². The molecule has 2 aromatic rings.